The molecular weight excluding hydrogens is 394 g/mol. The topological polar surface area (TPSA) is 102 Å². The third kappa shape index (κ3) is 12.7. The van der Waals surface area contributed by atoms with Gasteiger partial charge in [0.05, 0.1) is 6.61 Å². The second-order valence-electron chi connectivity index (χ2n) is 8.95. The SMILES string of the molecule is CCCCCCCCCCCC(=O)N[C@H](CCC(N)=O)C(=O)N1CCC[C@@H](COC)C1. The minimum atomic E-state index is -0.681. The van der Waals surface area contributed by atoms with Crippen molar-refractivity contribution in [2.24, 2.45) is 11.7 Å². The molecule has 1 heterocycles. The zero-order chi connectivity index (χ0) is 22.9. The van der Waals surface area contributed by atoms with E-state index < -0.39 is 11.9 Å². The van der Waals surface area contributed by atoms with E-state index in [1.54, 1.807) is 12.0 Å². The van der Waals surface area contributed by atoms with Crippen LogP contribution in [0.1, 0.15) is 96.8 Å². The summed E-state index contributed by atoms with van der Waals surface area (Å²) in [6, 6.07) is -0.681. The van der Waals surface area contributed by atoms with Crippen molar-refractivity contribution in [1.29, 1.82) is 0 Å². The first-order valence-electron chi connectivity index (χ1n) is 12.3. The van der Waals surface area contributed by atoms with Gasteiger partial charge >= 0.3 is 0 Å². The Hall–Kier alpha value is -1.63. The summed E-state index contributed by atoms with van der Waals surface area (Å²) >= 11 is 0. The van der Waals surface area contributed by atoms with Gasteiger partial charge < -0.3 is 20.7 Å². The molecule has 0 aromatic rings. The molecule has 1 fully saturated rings. The van der Waals surface area contributed by atoms with Crippen molar-refractivity contribution in [2.75, 3.05) is 26.8 Å². The van der Waals surface area contributed by atoms with Gasteiger partial charge in [-0.3, -0.25) is 14.4 Å². The van der Waals surface area contributed by atoms with Crippen LogP contribution in [0.25, 0.3) is 0 Å². The predicted molar refractivity (Wildman–Crippen MR) is 123 cm³/mol. The van der Waals surface area contributed by atoms with E-state index >= 15 is 0 Å². The monoisotopic (exact) mass is 439 g/mol. The number of amides is 3. The summed E-state index contributed by atoms with van der Waals surface area (Å²) in [5, 5.41) is 2.87. The maximum absolute atomic E-state index is 13.0. The molecule has 0 spiro atoms. The van der Waals surface area contributed by atoms with E-state index in [1.165, 1.54) is 38.5 Å². The van der Waals surface area contributed by atoms with Gasteiger partial charge in [0.15, 0.2) is 0 Å². The van der Waals surface area contributed by atoms with Gasteiger partial charge in [-0.2, -0.15) is 0 Å². The molecule has 0 aromatic heterocycles. The zero-order valence-corrected chi connectivity index (χ0v) is 19.8. The summed E-state index contributed by atoms with van der Waals surface area (Å²) in [6.07, 6.45) is 13.4. The van der Waals surface area contributed by atoms with Crippen LogP contribution in [-0.2, 0) is 19.1 Å². The van der Waals surface area contributed by atoms with E-state index in [0.717, 1.165) is 32.1 Å². The highest BCUT2D eigenvalue weighted by Gasteiger charge is 2.30. The zero-order valence-electron chi connectivity index (χ0n) is 19.8. The Morgan fingerprint density at radius 3 is 2.29 bits per heavy atom. The molecular formula is C24H45N3O4. The van der Waals surface area contributed by atoms with Gasteiger partial charge in [-0.25, -0.2) is 0 Å². The first-order chi connectivity index (χ1) is 15.0. The van der Waals surface area contributed by atoms with Gasteiger partial charge in [-0.1, -0.05) is 58.3 Å². The fourth-order valence-electron chi connectivity index (χ4n) is 4.26. The van der Waals surface area contributed by atoms with E-state index in [1.807, 2.05) is 0 Å². The number of rotatable bonds is 17. The lowest BCUT2D eigenvalue weighted by atomic mass is 9.97. The molecule has 0 saturated carbocycles. The summed E-state index contributed by atoms with van der Waals surface area (Å²) < 4.78 is 5.24. The van der Waals surface area contributed by atoms with Gasteiger partial charge in [0.1, 0.15) is 6.04 Å². The van der Waals surface area contributed by atoms with Crippen LogP contribution in [0.2, 0.25) is 0 Å². The Balaban J connectivity index is 2.39. The number of nitrogens with zero attached hydrogens (tertiary/aromatic N) is 1. The Morgan fingerprint density at radius 2 is 1.68 bits per heavy atom. The van der Waals surface area contributed by atoms with E-state index in [4.69, 9.17) is 10.5 Å². The second kappa shape index (κ2) is 17.0. The second-order valence-corrected chi connectivity index (χ2v) is 8.95. The standard InChI is InChI=1S/C24H45N3O4/c1-3-4-5-6-7-8-9-10-11-14-23(29)26-21(15-16-22(25)28)24(30)27-17-12-13-20(18-27)19-31-2/h20-21H,3-19H2,1-2H3,(H2,25,28)(H,26,29)/t20-,21-/m1/s1. The lowest BCUT2D eigenvalue weighted by molar-refractivity contribution is -0.138. The highest BCUT2D eigenvalue weighted by Crippen LogP contribution is 2.18. The van der Waals surface area contributed by atoms with E-state index in [0.29, 0.717) is 32.0 Å². The average molecular weight is 440 g/mol. The maximum Gasteiger partial charge on any atom is 0.245 e. The van der Waals surface area contributed by atoms with E-state index in [-0.39, 0.29) is 24.7 Å². The average Bonchev–Trinajstić information content (AvgIpc) is 2.75. The molecule has 31 heavy (non-hydrogen) atoms. The number of carbonyl (C=O) groups excluding carboxylic acids is 3. The molecule has 0 radical (unpaired) electrons. The molecule has 2 atom stereocenters. The van der Waals surface area contributed by atoms with Crippen molar-refractivity contribution in [3.05, 3.63) is 0 Å². The Labute approximate surface area is 188 Å². The fourth-order valence-corrected chi connectivity index (χ4v) is 4.26. The van der Waals surface area contributed by atoms with Crippen LogP contribution < -0.4 is 11.1 Å². The molecule has 0 aliphatic carbocycles. The van der Waals surface area contributed by atoms with Crippen LogP contribution in [-0.4, -0.2) is 55.5 Å². The quantitative estimate of drug-likeness (QED) is 0.338. The van der Waals surface area contributed by atoms with Gasteiger partial charge in [0.2, 0.25) is 17.7 Å². The Morgan fingerprint density at radius 1 is 1.03 bits per heavy atom. The van der Waals surface area contributed by atoms with Gasteiger partial charge in [0, 0.05) is 33.0 Å². The summed E-state index contributed by atoms with van der Waals surface area (Å²) in [6.45, 7) is 4.16. The molecule has 3 N–H and O–H groups in total. The minimum Gasteiger partial charge on any atom is -0.384 e. The molecule has 0 bridgehead atoms. The van der Waals surface area contributed by atoms with Crippen molar-refractivity contribution < 1.29 is 19.1 Å². The molecule has 3 amide bonds. The van der Waals surface area contributed by atoms with E-state index in [9.17, 15) is 14.4 Å². The molecule has 0 aromatic carbocycles. The van der Waals surface area contributed by atoms with E-state index in [2.05, 4.69) is 12.2 Å². The van der Waals surface area contributed by atoms with Crippen LogP contribution in [0.5, 0.6) is 0 Å². The number of methoxy groups -OCH3 is 1. The summed E-state index contributed by atoms with van der Waals surface area (Å²) in [4.78, 5) is 38.5. The van der Waals surface area contributed by atoms with Gasteiger partial charge in [-0.05, 0) is 31.6 Å². The number of carbonyl (C=O) groups is 3. The Bertz CT molecular complexity index is 525. The van der Waals surface area contributed by atoms with Crippen molar-refractivity contribution in [3.8, 4) is 0 Å². The fraction of sp³-hybridized carbons (Fsp3) is 0.875. The Kier molecular flexibility index (Phi) is 15.0. The predicted octanol–water partition coefficient (Wildman–Crippen LogP) is 3.54. The molecule has 1 aliphatic heterocycles. The van der Waals surface area contributed by atoms with Crippen LogP contribution in [0, 0.1) is 5.92 Å². The highest BCUT2D eigenvalue weighted by molar-refractivity contribution is 5.88. The lowest BCUT2D eigenvalue weighted by Gasteiger charge is -2.35. The number of piperidine rings is 1. The highest BCUT2D eigenvalue weighted by atomic mass is 16.5. The van der Waals surface area contributed by atoms with Crippen molar-refractivity contribution in [3.63, 3.8) is 0 Å². The van der Waals surface area contributed by atoms with Crippen LogP contribution in [0.15, 0.2) is 0 Å². The summed E-state index contributed by atoms with van der Waals surface area (Å²) in [5.74, 6) is -0.363. The molecule has 1 saturated heterocycles. The number of likely N-dealkylation sites (tertiary alicyclic amines) is 1. The number of nitrogens with one attached hydrogen (secondary N) is 1. The van der Waals surface area contributed by atoms with Crippen molar-refractivity contribution in [1.82, 2.24) is 10.2 Å². The van der Waals surface area contributed by atoms with Gasteiger partial charge in [-0.15, -0.1) is 0 Å². The van der Waals surface area contributed by atoms with Crippen LogP contribution in [0.4, 0.5) is 0 Å². The molecule has 1 aliphatic rings. The maximum atomic E-state index is 13.0. The number of hydrogen-bond acceptors (Lipinski definition) is 4. The summed E-state index contributed by atoms with van der Waals surface area (Å²) in [7, 11) is 1.67. The number of unbranched alkanes of at least 4 members (excludes halogenated alkanes) is 8. The van der Waals surface area contributed by atoms with Crippen LogP contribution in [0.3, 0.4) is 0 Å². The lowest BCUT2D eigenvalue weighted by Crippen LogP contribution is -2.52. The number of ether oxygens (including phenoxy) is 1. The van der Waals surface area contributed by atoms with Crippen LogP contribution >= 0.6 is 0 Å². The molecule has 7 nitrogen and oxygen atoms in total. The molecule has 0 unspecified atom stereocenters. The summed E-state index contributed by atoms with van der Waals surface area (Å²) in [5.41, 5.74) is 5.28. The number of hydrogen-bond donors (Lipinski definition) is 2. The minimum absolute atomic E-state index is 0.0874. The van der Waals surface area contributed by atoms with Crippen molar-refractivity contribution >= 4 is 17.7 Å². The molecule has 1 rings (SSSR count). The van der Waals surface area contributed by atoms with Crippen molar-refractivity contribution in [2.45, 2.75) is 103 Å². The number of nitrogens with two attached hydrogens (primary N) is 1. The molecule has 180 valence electrons. The third-order valence-corrected chi connectivity index (χ3v) is 6.05. The third-order valence-electron chi connectivity index (χ3n) is 6.05. The molecule has 7 heteroatoms. The first-order valence-corrected chi connectivity index (χ1v) is 12.3. The smallest absolute Gasteiger partial charge is 0.245 e. The normalized spacial score (nSPS) is 17.4. The number of primary amides is 1. The first kappa shape index (κ1) is 27.4. The van der Waals surface area contributed by atoms with Gasteiger partial charge in [0.25, 0.3) is 0 Å². The largest absolute Gasteiger partial charge is 0.384 e.